The smallest absolute Gasteiger partial charge is 0.246 e. The standard InChI is InChI=1S/C22H24N8O3/c1-32-15-9-14(10-16(11-15)33-2)28-12-19(24-13-28)25-21-18-6-4-8-30(18)27-22(26-21)29-7-3-5-17(29)20(23)31/h4,6,8-13,17H,3,5,7H2,1-2H3,(H2,23,31)(H,25,26,27)/t17-/m0/s1. The van der Waals surface area contributed by atoms with Crippen molar-refractivity contribution in [3.05, 3.63) is 49.1 Å². The Kier molecular flexibility index (Phi) is 5.21. The van der Waals surface area contributed by atoms with Crippen LogP contribution in [0.3, 0.4) is 0 Å². The number of ether oxygens (including phenoxy) is 2. The monoisotopic (exact) mass is 448 g/mol. The fourth-order valence-corrected chi connectivity index (χ4v) is 4.03. The lowest BCUT2D eigenvalue weighted by Crippen LogP contribution is -2.41. The molecule has 1 aliphatic heterocycles. The highest BCUT2D eigenvalue weighted by Gasteiger charge is 2.31. The van der Waals surface area contributed by atoms with Crippen LogP contribution in [-0.4, -0.2) is 56.9 Å². The van der Waals surface area contributed by atoms with Gasteiger partial charge in [-0.25, -0.2) is 9.50 Å². The van der Waals surface area contributed by atoms with E-state index in [1.165, 1.54) is 0 Å². The zero-order valence-corrected chi connectivity index (χ0v) is 18.3. The van der Waals surface area contributed by atoms with Crippen LogP contribution >= 0.6 is 0 Å². The van der Waals surface area contributed by atoms with E-state index in [9.17, 15) is 4.79 Å². The SMILES string of the molecule is COc1cc(OC)cc(-n2cnc(Nc3nc(N4CCC[C@H]4C(N)=O)nn4cccc34)c2)c1. The van der Waals surface area contributed by atoms with E-state index < -0.39 is 6.04 Å². The molecule has 1 fully saturated rings. The second kappa shape index (κ2) is 8.34. The molecule has 0 radical (unpaired) electrons. The highest BCUT2D eigenvalue weighted by molar-refractivity contribution is 5.84. The molecule has 4 aromatic rings. The maximum absolute atomic E-state index is 11.9. The van der Waals surface area contributed by atoms with E-state index in [4.69, 9.17) is 20.2 Å². The van der Waals surface area contributed by atoms with E-state index in [0.717, 1.165) is 17.6 Å². The van der Waals surface area contributed by atoms with Gasteiger partial charge in [-0.3, -0.25) is 4.79 Å². The number of carbonyl (C=O) groups is 1. The summed E-state index contributed by atoms with van der Waals surface area (Å²) in [5.41, 5.74) is 7.21. The van der Waals surface area contributed by atoms with Gasteiger partial charge in [0.25, 0.3) is 0 Å². The van der Waals surface area contributed by atoms with Gasteiger partial charge in [-0.15, -0.1) is 5.10 Å². The predicted octanol–water partition coefficient (Wildman–Crippen LogP) is 2.13. The number of rotatable bonds is 7. The van der Waals surface area contributed by atoms with Crippen molar-refractivity contribution in [2.24, 2.45) is 5.73 Å². The van der Waals surface area contributed by atoms with E-state index >= 15 is 0 Å². The summed E-state index contributed by atoms with van der Waals surface area (Å²) in [6.07, 6.45) is 6.93. The Hall–Kier alpha value is -4.28. The fraction of sp³-hybridized carbons (Fsp3) is 0.273. The maximum atomic E-state index is 11.9. The van der Waals surface area contributed by atoms with Crippen molar-refractivity contribution in [1.29, 1.82) is 0 Å². The molecule has 170 valence electrons. The Bertz CT molecular complexity index is 1290. The van der Waals surface area contributed by atoms with Crippen LogP contribution in [0.25, 0.3) is 11.2 Å². The third kappa shape index (κ3) is 3.88. The van der Waals surface area contributed by atoms with Gasteiger partial charge in [-0.1, -0.05) is 0 Å². The second-order valence-corrected chi connectivity index (χ2v) is 7.71. The summed E-state index contributed by atoms with van der Waals surface area (Å²) >= 11 is 0. The lowest BCUT2D eigenvalue weighted by atomic mass is 10.2. The molecule has 0 aliphatic carbocycles. The first-order valence-electron chi connectivity index (χ1n) is 10.5. The van der Waals surface area contributed by atoms with Crippen LogP contribution < -0.4 is 25.4 Å². The van der Waals surface area contributed by atoms with Gasteiger partial charge in [0, 0.05) is 30.9 Å². The van der Waals surface area contributed by atoms with Crippen LogP contribution in [0.1, 0.15) is 12.8 Å². The van der Waals surface area contributed by atoms with Crippen molar-refractivity contribution >= 4 is 29.0 Å². The summed E-state index contributed by atoms with van der Waals surface area (Å²) in [7, 11) is 3.22. The van der Waals surface area contributed by atoms with Crippen LogP contribution in [0.5, 0.6) is 11.5 Å². The largest absolute Gasteiger partial charge is 0.497 e. The molecule has 0 saturated carbocycles. The molecule has 11 heteroatoms. The number of imidazole rings is 1. The highest BCUT2D eigenvalue weighted by Crippen LogP contribution is 2.28. The summed E-state index contributed by atoms with van der Waals surface area (Å²) in [5, 5.41) is 7.85. The van der Waals surface area contributed by atoms with Crippen molar-refractivity contribution in [3.8, 4) is 17.2 Å². The van der Waals surface area contributed by atoms with Crippen LogP contribution in [0.15, 0.2) is 49.1 Å². The van der Waals surface area contributed by atoms with Gasteiger partial charge in [-0.05, 0) is 25.0 Å². The van der Waals surface area contributed by atoms with Crippen molar-refractivity contribution in [2.45, 2.75) is 18.9 Å². The molecule has 0 bridgehead atoms. The van der Waals surface area contributed by atoms with Crippen LogP contribution in [0, 0.1) is 0 Å². The zero-order chi connectivity index (χ0) is 22.9. The zero-order valence-electron chi connectivity index (χ0n) is 18.3. The van der Waals surface area contributed by atoms with E-state index in [1.807, 2.05) is 52.2 Å². The Morgan fingerprint density at radius 3 is 2.73 bits per heavy atom. The van der Waals surface area contributed by atoms with Crippen LogP contribution in [-0.2, 0) is 4.79 Å². The number of primary amides is 1. The summed E-state index contributed by atoms with van der Waals surface area (Å²) < 4.78 is 14.3. The molecular formula is C22H24N8O3. The third-order valence-corrected chi connectivity index (χ3v) is 5.68. The number of anilines is 3. The summed E-state index contributed by atoms with van der Waals surface area (Å²) in [6, 6.07) is 8.97. The Balaban J connectivity index is 1.48. The predicted molar refractivity (Wildman–Crippen MR) is 123 cm³/mol. The number of nitrogens with two attached hydrogens (primary N) is 1. The number of amides is 1. The summed E-state index contributed by atoms with van der Waals surface area (Å²) in [6.45, 7) is 0.673. The first kappa shape index (κ1) is 20.6. The number of hydrogen-bond donors (Lipinski definition) is 2. The maximum Gasteiger partial charge on any atom is 0.246 e. The first-order valence-corrected chi connectivity index (χ1v) is 10.5. The van der Waals surface area contributed by atoms with Gasteiger partial charge in [-0.2, -0.15) is 4.98 Å². The topological polar surface area (TPSA) is 125 Å². The quantitative estimate of drug-likeness (QED) is 0.441. The molecule has 1 aliphatic rings. The molecular weight excluding hydrogens is 424 g/mol. The minimum Gasteiger partial charge on any atom is -0.497 e. The molecule has 1 saturated heterocycles. The van der Waals surface area contributed by atoms with Gasteiger partial charge in [0.1, 0.15) is 35.2 Å². The van der Waals surface area contributed by atoms with Crippen molar-refractivity contribution < 1.29 is 14.3 Å². The Morgan fingerprint density at radius 2 is 2.00 bits per heavy atom. The van der Waals surface area contributed by atoms with Gasteiger partial charge >= 0.3 is 0 Å². The lowest BCUT2D eigenvalue weighted by Gasteiger charge is -2.22. The van der Waals surface area contributed by atoms with Crippen molar-refractivity contribution in [3.63, 3.8) is 0 Å². The number of benzene rings is 1. The number of hydrogen-bond acceptors (Lipinski definition) is 8. The number of nitrogens with zero attached hydrogens (tertiary/aromatic N) is 6. The average molecular weight is 448 g/mol. The van der Waals surface area contributed by atoms with Gasteiger partial charge in [0.05, 0.1) is 26.1 Å². The van der Waals surface area contributed by atoms with Gasteiger partial charge < -0.3 is 30.0 Å². The molecule has 1 amide bonds. The van der Waals surface area contributed by atoms with Gasteiger partial charge in [0.2, 0.25) is 11.9 Å². The number of carbonyl (C=O) groups excluding carboxylic acids is 1. The number of nitrogens with one attached hydrogen (secondary N) is 1. The molecule has 0 spiro atoms. The molecule has 1 aromatic carbocycles. The van der Waals surface area contributed by atoms with Crippen molar-refractivity contribution in [1.82, 2.24) is 24.1 Å². The van der Waals surface area contributed by atoms with Crippen molar-refractivity contribution in [2.75, 3.05) is 31.0 Å². The number of fused-ring (bicyclic) bond motifs is 1. The Labute approximate surface area is 189 Å². The molecule has 1 atom stereocenters. The average Bonchev–Trinajstić information content (AvgIpc) is 3.58. The molecule has 0 unspecified atom stereocenters. The summed E-state index contributed by atoms with van der Waals surface area (Å²) in [5.74, 6) is 2.60. The number of aromatic nitrogens is 5. The normalized spacial score (nSPS) is 15.7. The van der Waals surface area contributed by atoms with Crippen LogP contribution in [0.4, 0.5) is 17.6 Å². The van der Waals surface area contributed by atoms with E-state index in [-0.39, 0.29) is 5.91 Å². The van der Waals surface area contributed by atoms with Gasteiger partial charge in [0.15, 0.2) is 5.82 Å². The lowest BCUT2D eigenvalue weighted by molar-refractivity contribution is -0.119. The second-order valence-electron chi connectivity index (χ2n) is 7.71. The summed E-state index contributed by atoms with van der Waals surface area (Å²) in [4.78, 5) is 22.9. The highest BCUT2D eigenvalue weighted by atomic mass is 16.5. The minimum absolute atomic E-state index is 0.370. The minimum atomic E-state index is -0.409. The first-order chi connectivity index (χ1) is 16.1. The molecule has 3 aromatic heterocycles. The molecule has 33 heavy (non-hydrogen) atoms. The van der Waals surface area contributed by atoms with E-state index in [2.05, 4.69) is 15.4 Å². The number of methoxy groups -OCH3 is 2. The molecule has 3 N–H and O–H groups in total. The molecule has 11 nitrogen and oxygen atoms in total. The third-order valence-electron chi connectivity index (χ3n) is 5.68. The molecule has 4 heterocycles. The van der Waals surface area contributed by atoms with Crippen LogP contribution in [0.2, 0.25) is 0 Å². The Morgan fingerprint density at radius 1 is 1.21 bits per heavy atom. The van der Waals surface area contributed by atoms with E-state index in [1.54, 1.807) is 25.1 Å². The molecule has 5 rings (SSSR count). The fourth-order valence-electron chi connectivity index (χ4n) is 4.03. The van der Waals surface area contributed by atoms with E-state index in [0.29, 0.717) is 42.0 Å².